The number of nitrogens with zero attached hydrogens (tertiary/aromatic N) is 2. The number of nitrogens with two attached hydrogens (primary N) is 1. The number of hydrogen-bond donors (Lipinski definition) is 1. The minimum absolute atomic E-state index is 0.212. The second-order valence-electron chi connectivity index (χ2n) is 5.04. The van der Waals surface area contributed by atoms with Crippen molar-refractivity contribution < 1.29 is 0 Å². The molecule has 19 heavy (non-hydrogen) atoms. The number of aromatic nitrogens is 2. The SMILES string of the molecule is Cc1cccc(C(C)C)c1-c1nc(N)nc(Cl)c1C. The smallest absolute Gasteiger partial charge is 0.222 e. The second kappa shape index (κ2) is 5.17. The van der Waals surface area contributed by atoms with Crippen LogP contribution in [0.25, 0.3) is 11.3 Å². The summed E-state index contributed by atoms with van der Waals surface area (Å²) in [5.74, 6) is 0.618. The third-order valence-corrected chi connectivity index (χ3v) is 3.64. The van der Waals surface area contributed by atoms with Crippen LogP contribution in [0.1, 0.15) is 36.5 Å². The molecule has 1 heterocycles. The summed E-state index contributed by atoms with van der Waals surface area (Å²) in [6.45, 7) is 8.33. The first-order valence-electron chi connectivity index (χ1n) is 6.31. The van der Waals surface area contributed by atoms with Crippen molar-refractivity contribution in [2.45, 2.75) is 33.6 Å². The van der Waals surface area contributed by atoms with Crippen molar-refractivity contribution in [3.05, 3.63) is 40.0 Å². The number of aryl methyl sites for hydroxylation is 1. The van der Waals surface area contributed by atoms with Crippen LogP contribution >= 0.6 is 11.6 Å². The van der Waals surface area contributed by atoms with Gasteiger partial charge < -0.3 is 5.73 Å². The first-order chi connectivity index (χ1) is 8.91. The standard InChI is InChI=1S/C15H18ClN3/c1-8(2)11-7-5-6-9(3)12(11)13-10(4)14(16)19-15(17)18-13/h5-8H,1-4H3,(H2,17,18,19). The van der Waals surface area contributed by atoms with Gasteiger partial charge in [0.2, 0.25) is 5.95 Å². The van der Waals surface area contributed by atoms with Crippen LogP contribution in [0.5, 0.6) is 0 Å². The summed E-state index contributed by atoms with van der Waals surface area (Å²) < 4.78 is 0. The van der Waals surface area contributed by atoms with E-state index in [1.54, 1.807) is 0 Å². The molecule has 0 saturated carbocycles. The molecule has 0 fully saturated rings. The lowest BCUT2D eigenvalue weighted by atomic mass is 9.90. The topological polar surface area (TPSA) is 51.8 Å². The number of benzene rings is 1. The maximum absolute atomic E-state index is 6.12. The third-order valence-electron chi connectivity index (χ3n) is 3.27. The van der Waals surface area contributed by atoms with E-state index in [0.717, 1.165) is 16.8 Å². The van der Waals surface area contributed by atoms with Crippen molar-refractivity contribution in [1.82, 2.24) is 9.97 Å². The molecule has 0 unspecified atom stereocenters. The second-order valence-corrected chi connectivity index (χ2v) is 5.40. The van der Waals surface area contributed by atoms with E-state index in [0.29, 0.717) is 11.1 Å². The van der Waals surface area contributed by atoms with Crippen LogP contribution in [0, 0.1) is 13.8 Å². The Labute approximate surface area is 118 Å². The van der Waals surface area contributed by atoms with E-state index in [4.69, 9.17) is 17.3 Å². The van der Waals surface area contributed by atoms with Crippen LogP contribution in [-0.2, 0) is 0 Å². The van der Waals surface area contributed by atoms with Crippen LogP contribution in [0.15, 0.2) is 18.2 Å². The molecule has 0 aliphatic carbocycles. The number of halogens is 1. The molecule has 4 heteroatoms. The Morgan fingerprint density at radius 2 is 1.84 bits per heavy atom. The summed E-state index contributed by atoms with van der Waals surface area (Å²) in [4.78, 5) is 8.39. The predicted octanol–water partition coefficient (Wildman–Crippen LogP) is 4.12. The molecule has 2 rings (SSSR count). The Kier molecular flexibility index (Phi) is 3.76. The Hall–Kier alpha value is -1.61. The van der Waals surface area contributed by atoms with Crippen molar-refractivity contribution in [2.75, 3.05) is 5.73 Å². The van der Waals surface area contributed by atoms with Gasteiger partial charge in [-0.15, -0.1) is 0 Å². The molecule has 0 spiro atoms. The average Bonchev–Trinajstić information content (AvgIpc) is 2.33. The molecular weight excluding hydrogens is 258 g/mol. The van der Waals surface area contributed by atoms with Gasteiger partial charge in [-0.05, 0) is 30.9 Å². The first-order valence-corrected chi connectivity index (χ1v) is 6.69. The molecule has 0 radical (unpaired) electrons. The molecule has 0 aliphatic rings. The van der Waals surface area contributed by atoms with Gasteiger partial charge in [0, 0.05) is 11.1 Å². The average molecular weight is 276 g/mol. The Bertz CT molecular complexity index is 621. The zero-order valence-corrected chi connectivity index (χ0v) is 12.4. The fraction of sp³-hybridized carbons (Fsp3) is 0.333. The van der Waals surface area contributed by atoms with Gasteiger partial charge in [0.25, 0.3) is 0 Å². The lowest BCUT2D eigenvalue weighted by Crippen LogP contribution is -2.03. The highest BCUT2D eigenvalue weighted by Crippen LogP contribution is 2.34. The zero-order valence-electron chi connectivity index (χ0n) is 11.7. The van der Waals surface area contributed by atoms with Crippen LogP contribution in [-0.4, -0.2) is 9.97 Å². The van der Waals surface area contributed by atoms with Gasteiger partial charge in [0.05, 0.1) is 5.69 Å². The molecule has 0 bridgehead atoms. The maximum atomic E-state index is 6.12. The third kappa shape index (κ3) is 2.56. The van der Waals surface area contributed by atoms with Gasteiger partial charge in [-0.25, -0.2) is 9.97 Å². The molecule has 1 aromatic carbocycles. The summed E-state index contributed by atoms with van der Waals surface area (Å²) in [5.41, 5.74) is 11.0. The van der Waals surface area contributed by atoms with E-state index in [1.165, 1.54) is 11.1 Å². The quantitative estimate of drug-likeness (QED) is 0.839. The van der Waals surface area contributed by atoms with Gasteiger partial charge in [-0.2, -0.15) is 0 Å². The van der Waals surface area contributed by atoms with Gasteiger partial charge in [0.15, 0.2) is 0 Å². The summed E-state index contributed by atoms with van der Waals surface area (Å²) in [5, 5.41) is 0.417. The lowest BCUT2D eigenvalue weighted by molar-refractivity contribution is 0.865. The highest BCUT2D eigenvalue weighted by Gasteiger charge is 2.17. The summed E-state index contributed by atoms with van der Waals surface area (Å²) >= 11 is 6.12. The van der Waals surface area contributed by atoms with E-state index in [2.05, 4.69) is 48.9 Å². The maximum Gasteiger partial charge on any atom is 0.222 e. The van der Waals surface area contributed by atoms with E-state index in [-0.39, 0.29) is 5.95 Å². The minimum Gasteiger partial charge on any atom is -0.368 e. The molecule has 0 saturated heterocycles. The van der Waals surface area contributed by atoms with Crippen molar-refractivity contribution >= 4 is 17.5 Å². The Balaban J connectivity index is 2.79. The van der Waals surface area contributed by atoms with Crippen molar-refractivity contribution in [1.29, 1.82) is 0 Å². The van der Waals surface area contributed by atoms with Gasteiger partial charge in [0.1, 0.15) is 5.15 Å². The molecule has 0 amide bonds. The Morgan fingerprint density at radius 3 is 2.47 bits per heavy atom. The highest BCUT2D eigenvalue weighted by molar-refractivity contribution is 6.30. The van der Waals surface area contributed by atoms with E-state index >= 15 is 0 Å². The van der Waals surface area contributed by atoms with Crippen LogP contribution < -0.4 is 5.73 Å². The van der Waals surface area contributed by atoms with Crippen LogP contribution in [0.4, 0.5) is 5.95 Å². The van der Waals surface area contributed by atoms with Gasteiger partial charge in [-0.1, -0.05) is 43.6 Å². The normalized spacial score (nSPS) is 11.1. The van der Waals surface area contributed by atoms with E-state index < -0.39 is 0 Å². The van der Waals surface area contributed by atoms with Crippen LogP contribution in [0.3, 0.4) is 0 Å². The van der Waals surface area contributed by atoms with Gasteiger partial charge >= 0.3 is 0 Å². The number of nitrogen functional groups attached to an aromatic ring is 1. The lowest BCUT2D eigenvalue weighted by Gasteiger charge is -2.17. The van der Waals surface area contributed by atoms with Crippen molar-refractivity contribution in [3.63, 3.8) is 0 Å². The minimum atomic E-state index is 0.212. The van der Waals surface area contributed by atoms with Crippen molar-refractivity contribution in [3.8, 4) is 11.3 Å². The van der Waals surface area contributed by atoms with E-state index in [9.17, 15) is 0 Å². The molecule has 0 aliphatic heterocycles. The predicted molar refractivity (Wildman–Crippen MR) is 80.5 cm³/mol. The molecule has 2 aromatic rings. The van der Waals surface area contributed by atoms with E-state index in [1.807, 2.05) is 6.92 Å². The molecular formula is C15H18ClN3. The molecule has 0 atom stereocenters. The number of hydrogen-bond acceptors (Lipinski definition) is 3. The molecule has 3 nitrogen and oxygen atoms in total. The molecule has 2 N–H and O–H groups in total. The summed E-state index contributed by atoms with van der Waals surface area (Å²) in [6, 6.07) is 6.27. The first kappa shape index (κ1) is 13.8. The summed E-state index contributed by atoms with van der Waals surface area (Å²) in [6.07, 6.45) is 0. The van der Waals surface area contributed by atoms with Gasteiger partial charge in [-0.3, -0.25) is 0 Å². The van der Waals surface area contributed by atoms with Crippen molar-refractivity contribution in [2.24, 2.45) is 0 Å². The Morgan fingerprint density at radius 1 is 1.16 bits per heavy atom. The zero-order chi connectivity index (χ0) is 14.2. The number of anilines is 1. The molecule has 100 valence electrons. The van der Waals surface area contributed by atoms with Crippen LogP contribution in [0.2, 0.25) is 5.15 Å². The highest BCUT2D eigenvalue weighted by atomic mass is 35.5. The largest absolute Gasteiger partial charge is 0.368 e. The number of rotatable bonds is 2. The summed E-state index contributed by atoms with van der Waals surface area (Å²) in [7, 11) is 0. The fourth-order valence-electron chi connectivity index (χ4n) is 2.24. The fourth-order valence-corrected chi connectivity index (χ4v) is 2.42. The molecule has 1 aromatic heterocycles. The monoisotopic (exact) mass is 275 g/mol.